The fraction of sp³-hybridized carbons (Fsp3) is 0.143. The number of hydrogen-bond acceptors (Lipinski definition) is 2. The summed E-state index contributed by atoms with van der Waals surface area (Å²) in [5.41, 5.74) is 5.79. The molecule has 0 aliphatic heterocycles. The Morgan fingerprint density at radius 2 is 1.74 bits per heavy atom. The Morgan fingerprint density at radius 3 is 2.37 bits per heavy atom. The van der Waals surface area contributed by atoms with Crippen molar-refractivity contribution >= 4 is 5.69 Å². The van der Waals surface area contributed by atoms with Crippen LogP contribution >= 0.6 is 0 Å². The number of methoxy groups -OCH3 is 1. The van der Waals surface area contributed by atoms with Gasteiger partial charge in [0, 0.05) is 11.3 Å². The molecule has 0 unspecified atom stereocenters. The highest BCUT2D eigenvalue weighted by atomic mass is 19.4. The average Bonchev–Trinajstić information content (AvgIpc) is 2.37. The zero-order valence-corrected chi connectivity index (χ0v) is 10.2. The second-order valence-electron chi connectivity index (χ2n) is 4.04. The monoisotopic (exact) mass is 267 g/mol. The number of nitrogen functional groups attached to an aromatic ring is 1. The van der Waals surface area contributed by atoms with Gasteiger partial charge in [-0.15, -0.1) is 0 Å². The summed E-state index contributed by atoms with van der Waals surface area (Å²) < 4.78 is 43.4. The minimum atomic E-state index is -4.42. The van der Waals surface area contributed by atoms with E-state index in [9.17, 15) is 13.2 Å². The summed E-state index contributed by atoms with van der Waals surface area (Å²) in [6, 6.07) is 10.3. The summed E-state index contributed by atoms with van der Waals surface area (Å²) in [4.78, 5) is 0. The van der Waals surface area contributed by atoms with Gasteiger partial charge in [-0.1, -0.05) is 18.2 Å². The van der Waals surface area contributed by atoms with Crippen molar-refractivity contribution in [1.82, 2.24) is 0 Å². The molecule has 0 radical (unpaired) electrons. The molecule has 0 aliphatic rings. The fourth-order valence-electron chi connectivity index (χ4n) is 1.85. The fourth-order valence-corrected chi connectivity index (χ4v) is 1.85. The lowest BCUT2D eigenvalue weighted by Gasteiger charge is -2.12. The molecular weight excluding hydrogens is 255 g/mol. The van der Waals surface area contributed by atoms with Gasteiger partial charge in [0.2, 0.25) is 0 Å². The molecule has 0 amide bonds. The third-order valence-corrected chi connectivity index (χ3v) is 2.70. The van der Waals surface area contributed by atoms with Crippen molar-refractivity contribution in [3.05, 3.63) is 48.0 Å². The average molecular weight is 267 g/mol. The molecule has 2 N–H and O–H groups in total. The molecule has 0 spiro atoms. The first-order chi connectivity index (χ1) is 8.91. The Labute approximate surface area is 108 Å². The number of para-hydroxylation sites is 1. The molecule has 5 heteroatoms. The van der Waals surface area contributed by atoms with Gasteiger partial charge in [0.1, 0.15) is 5.75 Å². The second kappa shape index (κ2) is 4.84. The van der Waals surface area contributed by atoms with E-state index in [-0.39, 0.29) is 5.69 Å². The Bertz CT molecular complexity index is 593. The van der Waals surface area contributed by atoms with Crippen molar-refractivity contribution in [2.24, 2.45) is 0 Å². The topological polar surface area (TPSA) is 35.2 Å². The Kier molecular flexibility index (Phi) is 3.38. The lowest BCUT2D eigenvalue weighted by atomic mass is 10.0. The molecule has 0 saturated carbocycles. The number of rotatable bonds is 2. The van der Waals surface area contributed by atoms with Gasteiger partial charge in [0.25, 0.3) is 0 Å². The molecule has 2 rings (SSSR count). The molecule has 0 aliphatic carbocycles. The Morgan fingerprint density at radius 1 is 1.05 bits per heavy atom. The van der Waals surface area contributed by atoms with Crippen LogP contribution in [-0.4, -0.2) is 7.11 Å². The molecule has 0 atom stereocenters. The molecule has 0 heterocycles. The third-order valence-electron chi connectivity index (χ3n) is 2.70. The van der Waals surface area contributed by atoms with Crippen LogP contribution in [0.15, 0.2) is 42.5 Å². The van der Waals surface area contributed by atoms with Crippen LogP contribution in [0.25, 0.3) is 11.1 Å². The lowest BCUT2D eigenvalue weighted by Crippen LogP contribution is -2.06. The zero-order valence-electron chi connectivity index (χ0n) is 10.2. The standard InChI is InChI=1S/C14H12F3NO/c1-19-13-5-3-2-4-12(13)9-6-10(14(15,16)17)8-11(18)7-9/h2-8H,18H2,1H3. The SMILES string of the molecule is COc1ccccc1-c1cc(N)cc(C(F)(F)F)c1. The minimum absolute atomic E-state index is 0.0655. The van der Waals surface area contributed by atoms with E-state index >= 15 is 0 Å². The quantitative estimate of drug-likeness (QED) is 0.836. The molecule has 2 aromatic carbocycles. The summed E-state index contributed by atoms with van der Waals surface area (Å²) in [5.74, 6) is 0.501. The maximum absolute atomic E-state index is 12.8. The van der Waals surface area contributed by atoms with Crippen LogP contribution < -0.4 is 10.5 Å². The van der Waals surface area contributed by atoms with Crippen molar-refractivity contribution in [3.8, 4) is 16.9 Å². The normalized spacial score (nSPS) is 11.4. The summed E-state index contributed by atoms with van der Waals surface area (Å²) >= 11 is 0. The second-order valence-corrected chi connectivity index (χ2v) is 4.04. The number of anilines is 1. The number of benzene rings is 2. The molecule has 19 heavy (non-hydrogen) atoms. The maximum Gasteiger partial charge on any atom is 0.416 e. The van der Waals surface area contributed by atoms with E-state index in [1.165, 1.54) is 13.2 Å². The zero-order chi connectivity index (χ0) is 14.0. The molecule has 0 aromatic heterocycles. The predicted molar refractivity (Wildman–Crippen MR) is 67.8 cm³/mol. The first-order valence-electron chi connectivity index (χ1n) is 5.53. The summed E-state index contributed by atoms with van der Waals surface area (Å²) in [7, 11) is 1.47. The lowest BCUT2D eigenvalue weighted by molar-refractivity contribution is -0.137. The predicted octanol–water partition coefficient (Wildman–Crippen LogP) is 3.96. The van der Waals surface area contributed by atoms with Gasteiger partial charge in [-0.2, -0.15) is 13.2 Å². The largest absolute Gasteiger partial charge is 0.496 e. The van der Waals surface area contributed by atoms with E-state index in [4.69, 9.17) is 10.5 Å². The molecule has 0 bridgehead atoms. The van der Waals surface area contributed by atoms with Crippen molar-refractivity contribution in [1.29, 1.82) is 0 Å². The molecule has 2 nitrogen and oxygen atoms in total. The van der Waals surface area contributed by atoms with Crippen LogP contribution in [0.4, 0.5) is 18.9 Å². The first kappa shape index (κ1) is 13.3. The highest BCUT2D eigenvalue weighted by molar-refractivity contribution is 5.74. The van der Waals surface area contributed by atoms with Crippen LogP contribution in [0.5, 0.6) is 5.75 Å². The van der Waals surface area contributed by atoms with Gasteiger partial charge in [-0.05, 0) is 29.8 Å². The van der Waals surface area contributed by atoms with Gasteiger partial charge < -0.3 is 10.5 Å². The molecule has 100 valence electrons. The summed E-state index contributed by atoms with van der Waals surface area (Å²) in [5, 5.41) is 0. The minimum Gasteiger partial charge on any atom is -0.496 e. The number of halogens is 3. The highest BCUT2D eigenvalue weighted by Crippen LogP contribution is 2.36. The van der Waals surface area contributed by atoms with E-state index < -0.39 is 11.7 Å². The summed E-state index contributed by atoms with van der Waals surface area (Å²) in [6.07, 6.45) is -4.42. The van der Waals surface area contributed by atoms with Crippen molar-refractivity contribution in [3.63, 3.8) is 0 Å². The molecule has 0 saturated heterocycles. The number of ether oxygens (including phenoxy) is 1. The number of alkyl halides is 3. The van der Waals surface area contributed by atoms with Crippen LogP contribution in [0.3, 0.4) is 0 Å². The number of hydrogen-bond donors (Lipinski definition) is 1. The third kappa shape index (κ3) is 2.81. The summed E-state index contributed by atoms with van der Waals surface area (Å²) in [6.45, 7) is 0. The van der Waals surface area contributed by atoms with Crippen molar-refractivity contribution < 1.29 is 17.9 Å². The Hall–Kier alpha value is -2.17. The molecule has 0 fully saturated rings. The van der Waals surface area contributed by atoms with E-state index in [0.29, 0.717) is 16.9 Å². The van der Waals surface area contributed by atoms with Crippen LogP contribution in [0, 0.1) is 0 Å². The number of nitrogens with two attached hydrogens (primary N) is 1. The van der Waals surface area contributed by atoms with Gasteiger partial charge >= 0.3 is 6.18 Å². The van der Waals surface area contributed by atoms with E-state index in [0.717, 1.165) is 12.1 Å². The first-order valence-corrected chi connectivity index (χ1v) is 5.53. The van der Waals surface area contributed by atoms with Gasteiger partial charge in [-0.25, -0.2) is 0 Å². The van der Waals surface area contributed by atoms with Crippen LogP contribution in [0.2, 0.25) is 0 Å². The highest BCUT2D eigenvalue weighted by Gasteiger charge is 2.31. The van der Waals surface area contributed by atoms with Crippen LogP contribution in [-0.2, 0) is 6.18 Å². The smallest absolute Gasteiger partial charge is 0.416 e. The Balaban J connectivity index is 2.60. The van der Waals surface area contributed by atoms with Crippen molar-refractivity contribution in [2.75, 3.05) is 12.8 Å². The molecule has 2 aromatic rings. The van der Waals surface area contributed by atoms with Gasteiger partial charge in [0.05, 0.1) is 12.7 Å². The van der Waals surface area contributed by atoms with E-state index in [2.05, 4.69) is 0 Å². The van der Waals surface area contributed by atoms with Gasteiger partial charge in [-0.3, -0.25) is 0 Å². The molecular formula is C14H12F3NO. The van der Waals surface area contributed by atoms with Crippen LogP contribution in [0.1, 0.15) is 5.56 Å². The van der Waals surface area contributed by atoms with Gasteiger partial charge in [0.15, 0.2) is 0 Å². The van der Waals surface area contributed by atoms with Crippen molar-refractivity contribution in [2.45, 2.75) is 6.18 Å². The van der Waals surface area contributed by atoms with E-state index in [1.807, 2.05) is 0 Å². The van der Waals surface area contributed by atoms with E-state index in [1.54, 1.807) is 24.3 Å². The maximum atomic E-state index is 12.8.